The molecule has 150 valence electrons. The average molecular weight is 452 g/mol. The fourth-order valence-corrected chi connectivity index (χ4v) is 3.77. The van der Waals surface area contributed by atoms with Crippen molar-refractivity contribution in [1.82, 2.24) is 14.5 Å². The largest absolute Gasteiger partial charge is 0.618 e. The van der Waals surface area contributed by atoms with Gasteiger partial charge in [-0.3, -0.25) is 0 Å². The molecule has 0 spiro atoms. The molecule has 0 saturated heterocycles. The number of hydrogen-bond donors (Lipinski definition) is 1. The number of aromatic nitrogens is 4. The Labute approximate surface area is 170 Å². The summed E-state index contributed by atoms with van der Waals surface area (Å²) in [6.07, 6.45) is 3.26. The first-order chi connectivity index (χ1) is 13.3. The number of ether oxygens (including phenoxy) is 3. The first-order valence-electron chi connectivity index (χ1n) is 8.55. The second-order valence-electron chi connectivity index (χ2n) is 6.47. The molecule has 3 heterocycles. The third-order valence-electron chi connectivity index (χ3n) is 4.48. The van der Waals surface area contributed by atoms with Crippen molar-refractivity contribution in [1.29, 1.82) is 0 Å². The lowest BCUT2D eigenvalue weighted by Gasteiger charge is -2.15. The van der Waals surface area contributed by atoms with Gasteiger partial charge in [-0.1, -0.05) is 13.8 Å². The maximum Gasteiger partial charge on any atom is 0.259 e. The van der Waals surface area contributed by atoms with Crippen LogP contribution >= 0.6 is 15.9 Å². The smallest absolute Gasteiger partial charge is 0.259 e. The van der Waals surface area contributed by atoms with Crippen LogP contribution in [0.5, 0.6) is 17.2 Å². The van der Waals surface area contributed by atoms with Crippen LogP contribution in [-0.4, -0.2) is 35.9 Å². The Morgan fingerprint density at radius 1 is 1.18 bits per heavy atom. The van der Waals surface area contributed by atoms with Crippen molar-refractivity contribution in [3.63, 3.8) is 0 Å². The van der Waals surface area contributed by atoms with Gasteiger partial charge < -0.3 is 29.7 Å². The van der Waals surface area contributed by atoms with Gasteiger partial charge in [0, 0.05) is 6.20 Å². The van der Waals surface area contributed by atoms with E-state index >= 15 is 0 Å². The van der Waals surface area contributed by atoms with Crippen LogP contribution in [0.1, 0.15) is 31.0 Å². The highest BCUT2D eigenvalue weighted by atomic mass is 79.9. The van der Waals surface area contributed by atoms with Crippen LogP contribution in [0.25, 0.3) is 11.0 Å². The minimum absolute atomic E-state index is 0.142. The summed E-state index contributed by atoms with van der Waals surface area (Å²) in [6, 6.07) is 0. The summed E-state index contributed by atoms with van der Waals surface area (Å²) < 4.78 is 19.3. The summed E-state index contributed by atoms with van der Waals surface area (Å²) in [5.41, 5.74) is 7.86. The van der Waals surface area contributed by atoms with Crippen LogP contribution in [0.2, 0.25) is 0 Å². The molecular formula is C18H22BrN5O4. The number of rotatable bonds is 6. The van der Waals surface area contributed by atoms with Crippen molar-refractivity contribution in [3.8, 4) is 17.2 Å². The highest BCUT2D eigenvalue weighted by molar-refractivity contribution is 9.10. The second kappa shape index (κ2) is 7.70. The lowest BCUT2D eigenvalue weighted by atomic mass is 10.1. The summed E-state index contributed by atoms with van der Waals surface area (Å²) in [5, 5.41) is 13.5. The van der Waals surface area contributed by atoms with Gasteiger partial charge in [0.05, 0.1) is 26.7 Å². The summed E-state index contributed by atoms with van der Waals surface area (Å²) in [4.78, 5) is 8.60. The number of methoxy groups -OCH3 is 3. The predicted molar refractivity (Wildman–Crippen MR) is 108 cm³/mol. The van der Waals surface area contributed by atoms with Gasteiger partial charge in [0.1, 0.15) is 16.8 Å². The van der Waals surface area contributed by atoms with Crippen LogP contribution in [0.15, 0.2) is 17.0 Å². The van der Waals surface area contributed by atoms with E-state index < -0.39 is 0 Å². The van der Waals surface area contributed by atoms with Crippen LogP contribution in [0.4, 0.5) is 5.95 Å². The maximum absolute atomic E-state index is 12.7. The summed E-state index contributed by atoms with van der Waals surface area (Å²) in [7, 11) is 4.43. The first-order valence-corrected chi connectivity index (χ1v) is 9.34. The summed E-state index contributed by atoms with van der Waals surface area (Å²) in [5.74, 6) is 1.30. The fraction of sp³-hybridized carbons (Fsp3) is 0.389. The monoisotopic (exact) mass is 451 g/mol. The van der Waals surface area contributed by atoms with E-state index in [1.54, 1.807) is 0 Å². The van der Waals surface area contributed by atoms with Crippen molar-refractivity contribution in [2.75, 3.05) is 27.1 Å². The molecule has 0 aliphatic heterocycles. The van der Waals surface area contributed by atoms with Gasteiger partial charge >= 0.3 is 0 Å². The van der Waals surface area contributed by atoms with Crippen molar-refractivity contribution < 1.29 is 18.9 Å². The van der Waals surface area contributed by atoms with E-state index in [0.29, 0.717) is 32.2 Å². The Balaban J connectivity index is 2.24. The zero-order valence-electron chi connectivity index (χ0n) is 16.3. The van der Waals surface area contributed by atoms with Crippen molar-refractivity contribution in [2.24, 2.45) is 0 Å². The molecule has 0 amide bonds. The topological polar surface area (TPSA) is 111 Å². The number of nitrogens with zero attached hydrogens (tertiary/aromatic N) is 4. The SMILES string of the molecule is COc1c[n+]([O-])c(Cn2cc(C(C)C)c3c(Br)nc(N)nc32)c(OC)c1OC. The Bertz CT molecular complexity index is 1030. The van der Waals surface area contributed by atoms with E-state index in [-0.39, 0.29) is 24.2 Å². The van der Waals surface area contributed by atoms with E-state index in [1.807, 2.05) is 10.8 Å². The van der Waals surface area contributed by atoms with Crippen molar-refractivity contribution >= 4 is 32.9 Å². The number of fused-ring (bicyclic) bond motifs is 1. The molecule has 0 aliphatic rings. The highest BCUT2D eigenvalue weighted by Gasteiger charge is 2.27. The molecule has 0 aromatic carbocycles. The molecule has 0 aliphatic carbocycles. The molecule has 0 radical (unpaired) electrons. The Hall–Kier alpha value is -2.75. The van der Waals surface area contributed by atoms with Gasteiger partial charge in [-0.15, -0.1) is 0 Å². The van der Waals surface area contributed by atoms with E-state index in [1.165, 1.54) is 27.5 Å². The molecule has 10 heteroatoms. The normalized spacial score (nSPS) is 11.2. The van der Waals surface area contributed by atoms with Crippen molar-refractivity contribution in [2.45, 2.75) is 26.3 Å². The molecule has 28 heavy (non-hydrogen) atoms. The highest BCUT2D eigenvalue weighted by Crippen LogP contribution is 2.39. The average Bonchev–Trinajstić information content (AvgIpc) is 3.01. The lowest BCUT2D eigenvalue weighted by Crippen LogP contribution is -2.33. The third kappa shape index (κ3) is 3.28. The molecule has 2 N–H and O–H groups in total. The molecule has 3 aromatic rings. The second-order valence-corrected chi connectivity index (χ2v) is 7.23. The van der Waals surface area contributed by atoms with E-state index in [4.69, 9.17) is 19.9 Å². The molecule has 9 nitrogen and oxygen atoms in total. The van der Waals surface area contributed by atoms with Crippen LogP contribution in [0, 0.1) is 5.21 Å². The lowest BCUT2D eigenvalue weighted by molar-refractivity contribution is -0.615. The zero-order valence-corrected chi connectivity index (χ0v) is 17.9. The first kappa shape index (κ1) is 20.0. The van der Waals surface area contributed by atoms with Gasteiger partial charge in [0.2, 0.25) is 29.4 Å². The molecule has 0 unspecified atom stereocenters. The van der Waals surface area contributed by atoms with Crippen LogP contribution in [-0.2, 0) is 6.54 Å². The zero-order chi connectivity index (χ0) is 20.6. The Morgan fingerprint density at radius 3 is 2.43 bits per heavy atom. The van der Waals surface area contributed by atoms with Gasteiger partial charge in [0.25, 0.3) is 5.69 Å². The summed E-state index contributed by atoms with van der Waals surface area (Å²) in [6.45, 7) is 4.35. The van der Waals surface area contributed by atoms with E-state index in [2.05, 4.69) is 39.7 Å². The van der Waals surface area contributed by atoms with Crippen molar-refractivity contribution in [3.05, 3.63) is 33.5 Å². The number of anilines is 1. The predicted octanol–water partition coefficient (Wildman–Crippen LogP) is 2.61. The quantitative estimate of drug-likeness (QED) is 0.348. The standard InChI is InChI=1S/C18H22BrN5O4/c1-9(2)10-6-23(17-13(10)16(19)21-18(20)22-17)7-11-14(27-4)15(28-5)12(26-3)8-24(11)25/h6,8-9H,7H2,1-5H3,(H2,20,21,22). The molecule has 0 fully saturated rings. The number of hydrogen-bond acceptors (Lipinski definition) is 7. The van der Waals surface area contributed by atoms with Gasteiger partial charge in [-0.2, -0.15) is 9.71 Å². The number of halogens is 1. The molecule has 0 atom stereocenters. The minimum Gasteiger partial charge on any atom is -0.618 e. The van der Waals surface area contributed by atoms with Crippen LogP contribution < -0.4 is 24.7 Å². The molecule has 3 aromatic heterocycles. The molecular weight excluding hydrogens is 430 g/mol. The number of nitrogens with two attached hydrogens (primary N) is 1. The van der Waals surface area contributed by atoms with Gasteiger partial charge in [0.15, 0.2) is 0 Å². The minimum atomic E-state index is 0.142. The molecule has 0 bridgehead atoms. The van der Waals surface area contributed by atoms with E-state index in [9.17, 15) is 5.21 Å². The van der Waals surface area contributed by atoms with Gasteiger partial charge in [-0.05, 0) is 27.4 Å². The third-order valence-corrected chi connectivity index (χ3v) is 5.06. The van der Waals surface area contributed by atoms with Crippen LogP contribution in [0.3, 0.4) is 0 Å². The Kier molecular flexibility index (Phi) is 5.50. The summed E-state index contributed by atoms with van der Waals surface area (Å²) >= 11 is 3.48. The number of pyridine rings is 1. The van der Waals surface area contributed by atoms with Gasteiger partial charge in [-0.25, -0.2) is 4.98 Å². The molecule has 3 rings (SSSR count). The van der Waals surface area contributed by atoms with E-state index in [0.717, 1.165) is 10.9 Å². The molecule has 0 saturated carbocycles. The Morgan fingerprint density at radius 2 is 1.86 bits per heavy atom. The number of nitrogen functional groups attached to an aromatic ring is 1. The fourth-order valence-electron chi connectivity index (χ4n) is 3.18. The maximum atomic E-state index is 12.7.